The van der Waals surface area contributed by atoms with Gasteiger partial charge in [0.05, 0.1) is 20.0 Å². The van der Waals surface area contributed by atoms with Gasteiger partial charge in [-0.2, -0.15) is 0 Å². The Morgan fingerprint density at radius 1 is 0.786 bits per heavy atom. The van der Waals surface area contributed by atoms with E-state index < -0.39 is 11.8 Å². The van der Waals surface area contributed by atoms with Crippen molar-refractivity contribution in [3.63, 3.8) is 0 Å². The first-order valence-electron chi connectivity index (χ1n) is 12.7. The molecule has 42 heavy (non-hydrogen) atoms. The molecule has 0 fully saturated rings. The van der Waals surface area contributed by atoms with Gasteiger partial charge < -0.3 is 25.4 Å². The molecule has 0 unspecified atom stereocenters. The van der Waals surface area contributed by atoms with E-state index in [1.165, 1.54) is 11.8 Å². The van der Waals surface area contributed by atoms with Gasteiger partial charge in [-0.15, -0.1) is 11.8 Å². The van der Waals surface area contributed by atoms with Crippen molar-refractivity contribution in [3.05, 3.63) is 119 Å². The Kier molecular flexibility index (Phi) is 10.6. The minimum Gasteiger partial charge on any atom is -0.497 e. The molecule has 4 aromatic rings. The Hall–Kier alpha value is -4.73. The number of nitrogens with one attached hydrogen (secondary N) is 3. The number of hydrogen-bond acceptors (Lipinski definition) is 6. The summed E-state index contributed by atoms with van der Waals surface area (Å²) >= 11 is 7.45. The molecule has 0 heterocycles. The fraction of sp³-hybridized carbons (Fsp3) is 0.0938. The van der Waals surface area contributed by atoms with Crippen LogP contribution >= 0.6 is 23.4 Å². The minimum atomic E-state index is -0.507. The molecule has 3 N–H and O–H groups in total. The number of carbonyl (C=O) groups is 3. The van der Waals surface area contributed by atoms with Crippen LogP contribution in [0.15, 0.2) is 108 Å². The summed E-state index contributed by atoms with van der Waals surface area (Å²) in [5, 5.41) is 8.85. The summed E-state index contributed by atoms with van der Waals surface area (Å²) in [6, 6.07) is 27.7. The highest BCUT2D eigenvalue weighted by molar-refractivity contribution is 8.00. The second-order valence-corrected chi connectivity index (χ2v) is 10.3. The molecule has 0 atom stereocenters. The van der Waals surface area contributed by atoms with Crippen molar-refractivity contribution in [1.82, 2.24) is 5.32 Å². The SMILES string of the molecule is COc1cc(NC(=O)CSc2ccc(NC(=O)/C(=C/c3cccc(Cl)c3)NC(=O)c3ccccc3)cc2)cc(OC)c1. The standard InChI is InChI=1S/C32H28ClN3O5S/c1-40-26-17-25(18-27(19-26)41-2)34-30(37)20-42-28-13-11-24(12-14-28)35-32(39)29(16-21-7-6-10-23(33)15-21)36-31(38)22-8-4-3-5-9-22/h3-19H,20H2,1-2H3,(H,34,37)(H,35,39)(H,36,38)/b29-16-. The number of hydrogen-bond donors (Lipinski definition) is 3. The molecule has 0 spiro atoms. The monoisotopic (exact) mass is 601 g/mol. The van der Waals surface area contributed by atoms with Crippen molar-refractivity contribution in [2.75, 3.05) is 30.6 Å². The molecule has 10 heteroatoms. The second-order valence-electron chi connectivity index (χ2n) is 8.85. The molecule has 214 valence electrons. The van der Waals surface area contributed by atoms with Crippen LogP contribution in [0.5, 0.6) is 11.5 Å². The molecule has 0 aliphatic rings. The third-order valence-corrected chi connectivity index (χ3v) is 7.05. The summed E-state index contributed by atoms with van der Waals surface area (Å²) in [5.74, 6) is 0.186. The Morgan fingerprint density at radius 2 is 1.48 bits per heavy atom. The van der Waals surface area contributed by atoms with Crippen LogP contribution in [-0.2, 0) is 9.59 Å². The number of amides is 3. The predicted octanol–water partition coefficient (Wildman–Crippen LogP) is 6.50. The Morgan fingerprint density at radius 3 is 2.12 bits per heavy atom. The van der Waals surface area contributed by atoms with Crippen molar-refractivity contribution in [3.8, 4) is 11.5 Å². The van der Waals surface area contributed by atoms with Crippen molar-refractivity contribution >= 4 is 58.5 Å². The number of carbonyl (C=O) groups excluding carboxylic acids is 3. The third kappa shape index (κ3) is 8.89. The number of benzene rings is 4. The van der Waals surface area contributed by atoms with Gasteiger partial charge in [0, 0.05) is 45.1 Å². The molecule has 0 aliphatic heterocycles. The summed E-state index contributed by atoms with van der Waals surface area (Å²) in [6.07, 6.45) is 1.56. The van der Waals surface area contributed by atoms with Crippen LogP contribution in [0, 0.1) is 0 Å². The van der Waals surface area contributed by atoms with E-state index >= 15 is 0 Å². The quantitative estimate of drug-likeness (QED) is 0.134. The molecule has 8 nitrogen and oxygen atoms in total. The molecule has 0 saturated heterocycles. The Bertz CT molecular complexity index is 1570. The van der Waals surface area contributed by atoms with Gasteiger partial charge in [-0.1, -0.05) is 41.9 Å². The van der Waals surface area contributed by atoms with Crippen LogP contribution < -0.4 is 25.4 Å². The van der Waals surface area contributed by atoms with E-state index in [1.54, 1.807) is 117 Å². The second kappa shape index (κ2) is 14.8. The van der Waals surface area contributed by atoms with E-state index in [1.807, 2.05) is 0 Å². The van der Waals surface area contributed by atoms with Gasteiger partial charge in [-0.3, -0.25) is 14.4 Å². The largest absolute Gasteiger partial charge is 0.497 e. The van der Waals surface area contributed by atoms with Gasteiger partial charge in [0.1, 0.15) is 17.2 Å². The fourth-order valence-electron chi connectivity index (χ4n) is 3.76. The normalized spacial score (nSPS) is 10.9. The zero-order chi connectivity index (χ0) is 29.9. The van der Waals surface area contributed by atoms with Gasteiger partial charge in [-0.25, -0.2) is 0 Å². The van der Waals surface area contributed by atoms with Gasteiger partial charge in [0.25, 0.3) is 11.8 Å². The third-order valence-electron chi connectivity index (χ3n) is 5.81. The van der Waals surface area contributed by atoms with Crippen LogP contribution in [0.4, 0.5) is 11.4 Å². The number of methoxy groups -OCH3 is 2. The lowest BCUT2D eigenvalue weighted by molar-refractivity contribution is -0.114. The number of ether oxygens (including phenoxy) is 2. The van der Waals surface area contributed by atoms with Crippen molar-refractivity contribution < 1.29 is 23.9 Å². The van der Waals surface area contributed by atoms with Gasteiger partial charge in [-0.05, 0) is 60.2 Å². The lowest BCUT2D eigenvalue weighted by atomic mass is 10.1. The van der Waals surface area contributed by atoms with E-state index in [2.05, 4.69) is 16.0 Å². The Balaban J connectivity index is 1.39. The number of halogens is 1. The summed E-state index contributed by atoms with van der Waals surface area (Å²) in [5.41, 5.74) is 2.20. The highest BCUT2D eigenvalue weighted by Crippen LogP contribution is 2.27. The van der Waals surface area contributed by atoms with Gasteiger partial charge in [0.2, 0.25) is 5.91 Å². The first-order chi connectivity index (χ1) is 20.3. The van der Waals surface area contributed by atoms with Crippen LogP contribution in [-0.4, -0.2) is 37.7 Å². The molecule has 4 rings (SSSR count). The van der Waals surface area contributed by atoms with E-state index in [4.69, 9.17) is 21.1 Å². The highest BCUT2D eigenvalue weighted by atomic mass is 35.5. The molecule has 0 radical (unpaired) electrons. The lowest BCUT2D eigenvalue weighted by Gasteiger charge is -2.12. The zero-order valence-electron chi connectivity index (χ0n) is 22.8. The molecular weight excluding hydrogens is 574 g/mol. The average Bonchev–Trinajstić information content (AvgIpc) is 3.00. The molecule has 3 amide bonds. The lowest BCUT2D eigenvalue weighted by Crippen LogP contribution is -2.30. The van der Waals surface area contributed by atoms with Crippen molar-refractivity contribution in [1.29, 1.82) is 0 Å². The smallest absolute Gasteiger partial charge is 0.272 e. The number of thioether (sulfide) groups is 1. The average molecular weight is 602 g/mol. The van der Waals surface area contributed by atoms with E-state index in [0.717, 1.165) is 4.90 Å². The summed E-state index contributed by atoms with van der Waals surface area (Å²) in [7, 11) is 3.08. The zero-order valence-corrected chi connectivity index (χ0v) is 24.4. The van der Waals surface area contributed by atoms with E-state index in [-0.39, 0.29) is 17.4 Å². The van der Waals surface area contributed by atoms with Gasteiger partial charge >= 0.3 is 0 Å². The molecule has 0 saturated carbocycles. The first-order valence-corrected chi connectivity index (χ1v) is 14.1. The maximum absolute atomic E-state index is 13.2. The molecule has 4 aromatic carbocycles. The minimum absolute atomic E-state index is 0.0513. The van der Waals surface area contributed by atoms with Crippen LogP contribution in [0.1, 0.15) is 15.9 Å². The van der Waals surface area contributed by atoms with Gasteiger partial charge in [0.15, 0.2) is 0 Å². The van der Waals surface area contributed by atoms with Crippen molar-refractivity contribution in [2.45, 2.75) is 4.90 Å². The summed E-state index contributed by atoms with van der Waals surface area (Å²) < 4.78 is 10.5. The molecule has 0 aliphatic carbocycles. The van der Waals surface area contributed by atoms with Crippen LogP contribution in [0.2, 0.25) is 5.02 Å². The highest BCUT2D eigenvalue weighted by Gasteiger charge is 2.15. The molecular formula is C32H28ClN3O5S. The fourth-order valence-corrected chi connectivity index (χ4v) is 4.66. The van der Waals surface area contributed by atoms with E-state index in [0.29, 0.717) is 39.0 Å². The van der Waals surface area contributed by atoms with E-state index in [9.17, 15) is 14.4 Å². The summed E-state index contributed by atoms with van der Waals surface area (Å²) in [6.45, 7) is 0. The number of anilines is 2. The number of rotatable bonds is 11. The predicted molar refractivity (Wildman–Crippen MR) is 167 cm³/mol. The van der Waals surface area contributed by atoms with Crippen LogP contribution in [0.3, 0.4) is 0 Å². The maximum Gasteiger partial charge on any atom is 0.272 e. The molecule has 0 bridgehead atoms. The Labute approximate surface area is 253 Å². The summed E-state index contributed by atoms with van der Waals surface area (Å²) in [4.78, 5) is 39.4. The maximum atomic E-state index is 13.2. The van der Waals surface area contributed by atoms with Crippen molar-refractivity contribution in [2.24, 2.45) is 0 Å². The molecule has 0 aromatic heterocycles. The topological polar surface area (TPSA) is 106 Å². The first kappa shape index (κ1) is 30.2. The van der Waals surface area contributed by atoms with Crippen LogP contribution in [0.25, 0.3) is 6.08 Å².